The summed E-state index contributed by atoms with van der Waals surface area (Å²) in [5.41, 5.74) is 0.305. The zero-order valence-electron chi connectivity index (χ0n) is 14.5. The first-order valence-electron chi connectivity index (χ1n) is 8.40. The molecular formula is C17H22N4O4S. The molecule has 0 radical (unpaired) electrons. The van der Waals surface area contributed by atoms with Gasteiger partial charge in [0.25, 0.3) is 5.91 Å². The van der Waals surface area contributed by atoms with Gasteiger partial charge in [0.1, 0.15) is 5.82 Å². The molecule has 1 heterocycles. The normalized spacial score (nSPS) is 14.6. The van der Waals surface area contributed by atoms with E-state index < -0.39 is 10.0 Å². The summed E-state index contributed by atoms with van der Waals surface area (Å²) in [7, 11) is -2.11. The third kappa shape index (κ3) is 4.12. The number of carbonyl (C=O) groups is 1. The summed E-state index contributed by atoms with van der Waals surface area (Å²) in [6.45, 7) is -0.343. The van der Waals surface area contributed by atoms with Gasteiger partial charge in [-0.2, -0.15) is 4.31 Å². The molecule has 1 aliphatic carbocycles. The number of nitrogens with zero attached hydrogens (tertiary/aromatic N) is 3. The summed E-state index contributed by atoms with van der Waals surface area (Å²) in [5, 5.41) is 12.1. The lowest BCUT2D eigenvalue weighted by Crippen LogP contribution is -2.34. The molecule has 0 spiro atoms. The van der Waals surface area contributed by atoms with E-state index in [4.69, 9.17) is 0 Å². The van der Waals surface area contributed by atoms with Gasteiger partial charge in [0.15, 0.2) is 0 Å². The monoisotopic (exact) mass is 378 g/mol. The van der Waals surface area contributed by atoms with Crippen LogP contribution in [0, 0.1) is 0 Å². The Kier molecular flexibility index (Phi) is 5.40. The van der Waals surface area contributed by atoms with Crippen molar-refractivity contribution in [3.8, 4) is 0 Å². The van der Waals surface area contributed by atoms with E-state index in [-0.39, 0.29) is 36.5 Å². The van der Waals surface area contributed by atoms with E-state index >= 15 is 0 Å². The van der Waals surface area contributed by atoms with Crippen molar-refractivity contribution in [1.29, 1.82) is 0 Å². The van der Waals surface area contributed by atoms with Gasteiger partial charge in [-0.05, 0) is 31.0 Å². The Morgan fingerprint density at radius 2 is 2.19 bits per heavy atom. The van der Waals surface area contributed by atoms with Crippen LogP contribution in [0.25, 0.3) is 0 Å². The van der Waals surface area contributed by atoms with E-state index in [0.29, 0.717) is 11.4 Å². The number of aryl methyl sites for hydroxylation is 1. The predicted octanol–water partition coefficient (Wildman–Crippen LogP) is 0.495. The Morgan fingerprint density at radius 1 is 1.42 bits per heavy atom. The van der Waals surface area contributed by atoms with Crippen LogP contribution in [0.3, 0.4) is 0 Å². The number of benzene rings is 1. The quantitative estimate of drug-likeness (QED) is 0.696. The number of carbonyl (C=O) groups excluding carboxylic acids is 1. The number of sulfonamides is 1. The number of imidazole rings is 1. The number of aromatic nitrogens is 2. The second-order valence-corrected chi connectivity index (χ2v) is 8.23. The summed E-state index contributed by atoms with van der Waals surface area (Å²) in [6, 6.07) is 6.15. The van der Waals surface area contributed by atoms with Crippen LogP contribution in [0.5, 0.6) is 0 Å². The van der Waals surface area contributed by atoms with Crippen molar-refractivity contribution in [3.63, 3.8) is 0 Å². The lowest BCUT2D eigenvalue weighted by atomic mass is 10.2. The van der Waals surface area contributed by atoms with Crippen molar-refractivity contribution in [2.45, 2.75) is 30.3 Å². The Labute approximate surface area is 152 Å². The van der Waals surface area contributed by atoms with Gasteiger partial charge in [-0.1, -0.05) is 6.07 Å². The van der Waals surface area contributed by atoms with Crippen LogP contribution in [0.4, 0.5) is 0 Å². The second kappa shape index (κ2) is 7.56. The molecule has 1 aromatic carbocycles. The Morgan fingerprint density at radius 3 is 2.81 bits per heavy atom. The van der Waals surface area contributed by atoms with Crippen molar-refractivity contribution < 1.29 is 18.3 Å². The van der Waals surface area contributed by atoms with E-state index in [9.17, 15) is 18.3 Å². The van der Waals surface area contributed by atoms with Gasteiger partial charge in [0.2, 0.25) is 10.0 Å². The first-order chi connectivity index (χ1) is 12.4. The number of hydrogen-bond donors (Lipinski definition) is 2. The third-order valence-electron chi connectivity index (χ3n) is 4.23. The van der Waals surface area contributed by atoms with Crippen LogP contribution in [-0.4, -0.2) is 52.5 Å². The Bertz CT molecular complexity index is 890. The zero-order chi connectivity index (χ0) is 18.7. The molecule has 1 aliphatic rings. The summed E-state index contributed by atoms with van der Waals surface area (Å²) >= 11 is 0. The predicted molar refractivity (Wildman–Crippen MR) is 94.8 cm³/mol. The lowest BCUT2D eigenvalue weighted by Gasteiger charge is -2.21. The summed E-state index contributed by atoms with van der Waals surface area (Å²) in [4.78, 5) is 16.4. The minimum atomic E-state index is -3.88. The molecule has 1 saturated carbocycles. The van der Waals surface area contributed by atoms with E-state index in [1.54, 1.807) is 36.1 Å². The number of rotatable bonds is 8. The highest BCUT2D eigenvalue weighted by molar-refractivity contribution is 7.89. The molecule has 2 aromatic rings. The Balaban J connectivity index is 1.86. The molecule has 3 rings (SSSR count). The van der Waals surface area contributed by atoms with Gasteiger partial charge in [-0.3, -0.25) is 4.79 Å². The second-order valence-electron chi connectivity index (χ2n) is 6.29. The fraction of sp³-hybridized carbons (Fsp3) is 0.412. The zero-order valence-corrected chi connectivity index (χ0v) is 15.3. The highest BCUT2D eigenvalue weighted by atomic mass is 32.2. The maximum absolute atomic E-state index is 13.0. The molecule has 9 heteroatoms. The number of aliphatic hydroxyl groups is 1. The molecule has 26 heavy (non-hydrogen) atoms. The van der Waals surface area contributed by atoms with Crippen LogP contribution in [0.2, 0.25) is 0 Å². The molecular weight excluding hydrogens is 356 g/mol. The number of amides is 1. The molecule has 0 bridgehead atoms. The molecule has 2 N–H and O–H groups in total. The number of nitrogens with one attached hydrogen (secondary N) is 1. The third-order valence-corrected chi connectivity index (χ3v) is 6.08. The molecule has 1 fully saturated rings. The fourth-order valence-corrected chi connectivity index (χ4v) is 3.98. The van der Waals surface area contributed by atoms with Gasteiger partial charge in [-0.25, -0.2) is 13.4 Å². The Hall–Kier alpha value is -2.23. The molecule has 140 valence electrons. The standard InChI is InChI=1S/C17H22N4O4S/c1-20-8-7-18-16(20)12-21(9-10-22)26(24,25)15-4-2-3-13(11-15)17(23)19-14-5-6-14/h2-4,7-8,11,14,22H,5-6,9-10,12H2,1H3,(H,19,23). The SMILES string of the molecule is Cn1ccnc1CN(CCO)S(=O)(=O)c1cccc(C(=O)NC2CC2)c1. The van der Waals surface area contributed by atoms with Gasteiger partial charge >= 0.3 is 0 Å². The van der Waals surface area contributed by atoms with Crippen LogP contribution in [0.1, 0.15) is 29.0 Å². The summed E-state index contributed by atoms with van der Waals surface area (Å²) < 4.78 is 28.9. The van der Waals surface area contributed by atoms with Gasteiger partial charge < -0.3 is 15.0 Å². The minimum Gasteiger partial charge on any atom is -0.395 e. The molecule has 0 aliphatic heterocycles. The van der Waals surface area contributed by atoms with Gasteiger partial charge in [0, 0.05) is 37.6 Å². The van der Waals surface area contributed by atoms with Crippen molar-refractivity contribution in [1.82, 2.24) is 19.2 Å². The average Bonchev–Trinajstić information content (AvgIpc) is 3.35. The van der Waals surface area contributed by atoms with Crippen molar-refractivity contribution >= 4 is 15.9 Å². The average molecular weight is 378 g/mol. The molecule has 1 aromatic heterocycles. The van der Waals surface area contributed by atoms with Crippen molar-refractivity contribution in [2.75, 3.05) is 13.2 Å². The summed E-state index contributed by atoms with van der Waals surface area (Å²) in [6.07, 6.45) is 5.22. The minimum absolute atomic E-state index is 0.0172. The van der Waals surface area contributed by atoms with Crippen LogP contribution in [0.15, 0.2) is 41.6 Å². The molecule has 0 unspecified atom stereocenters. The number of hydrogen-bond acceptors (Lipinski definition) is 5. The lowest BCUT2D eigenvalue weighted by molar-refractivity contribution is 0.0951. The maximum Gasteiger partial charge on any atom is 0.251 e. The highest BCUT2D eigenvalue weighted by Crippen LogP contribution is 2.21. The van der Waals surface area contributed by atoms with E-state index in [0.717, 1.165) is 17.1 Å². The molecule has 0 atom stereocenters. The topological polar surface area (TPSA) is 105 Å². The largest absolute Gasteiger partial charge is 0.395 e. The van der Waals surface area contributed by atoms with E-state index in [2.05, 4.69) is 10.3 Å². The van der Waals surface area contributed by atoms with Crippen LogP contribution in [-0.2, 0) is 23.6 Å². The van der Waals surface area contributed by atoms with Gasteiger partial charge in [-0.15, -0.1) is 0 Å². The summed E-state index contributed by atoms with van der Waals surface area (Å²) in [5.74, 6) is 0.284. The first-order valence-corrected chi connectivity index (χ1v) is 9.84. The fourth-order valence-electron chi connectivity index (χ4n) is 2.55. The van der Waals surface area contributed by atoms with Crippen molar-refractivity contribution in [2.24, 2.45) is 7.05 Å². The maximum atomic E-state index is 13.0. The number of aliphatic hydroxyl groups excluding tert-OH is 1. The highest BCUT2D eigenvalue weighted by Gasteiger charge is 2.27. The molecule has 8 nitrogen and oxygen atoms in total. The molecule has 0 saturated heterocycles. The van der Waals surface area contributed by atoms with Crippen molar-refractivity contribution in [3.05, 3.63) is 48.0 Å². The first kappa shape index (κ1) is 18.6. The smallest absolute Gasteiger partial charge is 0.251 e. The van der Waals surface area contributed by atoms with E-state index in [1.165, 1.54) is 12.1 Å². The van der Waals surface area contributed by atoms with Crippen LogP contribution >= 0.6 is 0 Å². The van der Waals surface area contributed by atoms with E-state index in [1.807, 2.05) is 0 Å². The van der Waals surface area contributed by atoms with Crippen LogP contribution < -0.4 is 5.32 Å². The molecule has 1 amide bonds. The van der Waals surface area contributed by atoms with Gasteiger partial charge in [0.05, 0.1) is 18.0 Å².